The molecule has 0 aromatic heterocycles. The molecule has 0 amide bonds. The van der Waals surface area contributed by atoms with Crippen molar-refractivity contribution in [1.82, 2.24) is 4.90 Å². The van der Waals surface area contributed by atoms with E-state index in [2.05, 4.69) is 129 Å². The molecule has 3 heteroatoms. The van der Waals surface area contributed by atoms with Gasteiger partial charge in [-0.3, -0.25) is 4.90 Å². The Balaban J connectivity index is 1.68. The Bertz CT molecular complexity index is 940. The van der Waals surface area contributed by atoms with Gasteiger partial charge in [-0.2, -0.15) is 0 Å². The van der Waals surface area contributed by atoms with Gasteiger partial charge in [-0.1, -0.05) is 124 Å². The SMILES string of the molecule is CC(C)(C)[Si](O[C@@H]1C=CCN(Cc2ccccc2)C1)(c1ccccc1)c1ccccc1. The summed E-state index contributed by atoms with van der Waals surface area (Å²) in [6, 6.07) is 32.5. The lowest BCUT2D eigenvalue weighted by molar-refractivity contribution is 0.149. The van der Waals surface area contributed by atoms with Crippen LogP contribution in [0.3, 0.4) is 0 Å². The molecular formula is C28H33NOSi. The molecule has 0 bridgehead atoms. The van der Waals surface area contributed by atoms with Crippen molar-refractivity contribution in [3.05, 3.63) is 109 Å². The van der Waals surface area contributed by atoms with Gasteiger partial charge in [0.15, 0.2) is 0 Å². The van der Waals surface area contributed by atoms with Gasteiger partial charge in [0.1, 0.15) is 0 Å². The van der Waals surface area contributed by atoms with Crippen molar-refractivity contribution in [2.24, 2.45) is 0 Å². The van der Waals surface area contributed by atoms with Crippen LogP contribution >= 0.6 is 0 Å². The summed E-state index contributed by atoms with van der Waals surface area (Å²) in [5.41, 5.74) is 1.35. The molecule has 0 aliphatic carbocycles. The first-order chi connectivity index (χ1) is 15.0. The molecule has 160 valence electrons. The van der Waals surface area contributed by atoms with Gasteiger partial charge in [0.2, 0.25) is 0 Å². The van der Waals surface area contributed by atoms with Gasteiger partial charge in [0.05, 0.1) is 6.10 Å². The van der Waals surface area contributed by atoms with Crippen LogP contribution in [-0.4, -0.2) is 32.4 Å². The Morgan fingerprint density at radius 1 is 0.806 bits per heavy atom. The summed E-state index contributed by atoms with van der Waals surface area (Å²) >= 11 is 0. The number of hydrogen-bond acceptors (Lipinski definition) is 2. The lowest BCUT2D eigenvalue weighted by Crippen LogP contribution is -2.68. The second kappa shape index (κ2) is 9.35. The molecule has 1 aliphatic heterocycles. The van der Waals surface area contributed by atoms with E-state index in [1.165, 1.54) is 15.9 Å². The van der Waals surface area contributed by atoms with Gasteiger partial charge in [0.25, 0.3) is 8.32 Å². The summed E-state index contributed by atoms with van der Waals surface area (Å²) in [6.07, 6.45) is 4.62. The third-order valence-corrected chi connectivity index (χ3v) is 11.2. The molecule has 1 aliphatic rings. The van der Waals surface area contributed by atoms with Crippen molar-refractivity contribution in [2.75, 3.05) is 13.1 Å². The van der Waals surface area contributed by atoms with E-state index in [0.29, 0.717) is 0 Å². The fourth-order valence-corrected chi connectivity index (χ4v) is 9.34. The fourth-order valence-electron chi connectivity index (χ4n) is 4.72. The van der Waals surface area contributed by atoms with Crippen LogP contribution in [0.4, 0.5) is 0 Å². The first-order valence-electron chi connectivity index (χ1n) is 11.2. The Hall–Kier alpha value is -2.46. The average Bonchev–Trinajstić information content (AvgIpc) is 2.79. The van der Waals surface area contributed by atoms with E-state index in [9.17, 15) is 0 Å². The maximum Gasteiger partial charge on any atom is 0.261 e. The highest BCUT2D eigenvalue weighted by Gasteiger charge is 2.51. The molecule has 0 N–H and O–H groups in total. The minimum absolute atomic E-state index is 0.00868. The quantitative estimate of drug-likeness (QED) is 0.405. The first kappa shape index (κ1) is 21.8. The van der Waals surface area contributed by atoms with Gasteiger partial charge < -0.3 is 4.43 Å². The molecule has 0 saturated heterocycles. The smallest absolute Gasteiger partial charge is 0.261 e. The molecule has 31 heavy (non-hydrogen) atoms. The molecule has 4 rings (SSSR count). The van der Waals surface area contributed by atoms with E-state index in [4.69, 9.17) is 4.43 Å². The topological polar surface area (TPSA) is 12.5 Å². The largest absolute Gasteiger partial charge is 0.400 e. The zero-order chi connectivity index (χ0) is 21.7. The molecule has 3 aromatic rings. The minimum atomic E-state index is -2.54. The average molecular weight is 428 g/mol. The number of hydrogen-bond donors (Lipinski definition) is 0. The lowest BCUT2D eigenvalue weighted by atomic mass is 10.1. The zero-order valence-electron chi connectivity index (χ0n) is 18.9. The van der Waals surface area contributed by atoms with Crippen molar-refractivity contribution in [1.29, 1.82) is 0 Å². The summed E-state index contributed by atoms with van der Waals surface area (Å²) < 4.78 is 7.29. The molecule has 1 heterocycles. The van der Waals surface area contributed by atoms with Crippen molar-refractivity contribution < 1.29 is 4.43 Å². The van der Waals surface area contributed by atoms with Gasteiger partial charge >= 0.3 is 0 Å². The Morgan fingerprint density at radius 2 is 1.32 bits per heavy atom. The highest BCUT2D eigenvalue weighted by atomic mass is 28.4. The van der Waals surface area contributed by atoms with E-state index in [-0.39, 0.29) is 11.1 Å². The third kappa shape index (κ3) is 4.74. The van der Waals surface area contributed by atoms with Crippen LogP contribution in [0.2, 0.25) is 5.04 Å². The van der Waals surface area contributed by atoms with E-state index in [1.807, 2.05) is 0 Å². The first-order valence-corrected chi connectivity index (χ1v) is 13.1. The molecule has 1 atom stereocenters. The maximum absolute atomic E-state index is 7.29. The standard InChI is InChI=1S/C28H33NOSi/c1-28(2,3)31(26-17-9-5-10-18-26,27-19-11-6-12-20-27)30-25-16-13-21-29(23-25)22-24-14-7-4-8-15-24/h4-20,25H,21-23H2,1-3H3/t25-/m1/s1. The number of nitrogens with zero attached hydrogens (tertiary/aromatic N) is 1. The predicted molar refractivity (Wildman–Crippen MR) is 133 cm³/mol. The van der Waals surface area contributed by atoms with Gasteiger partial charge in [-0.05, 0) is 21.0 Å². The van der Waals surface area contributed by atoms with Crippen molar-refractivity contribution >= 4 is 18.7 Å². The van der Waals surface area contributed by atoms with Gasteiger partial charge in [-0.15, -0.1) is 0 Å². The summed E-state index contributed by atoms with van der Waals surface area (Å²) in [7, 11) is -2.54. The molecule has 0 unspecified atom stereocenters. The number of rotatable bonds is 6. The summed E-state index contributed by atoms with van der Waals surface area (Å²) in [6.45, 7) is 9.85. The number of benzene rings is 3. The molecule has 0 saturated carbocycles. The Morgan fingerprint density at radius 3 is 1.84 bits per heavy atom. The second-order valence-electron chi connectivity index (χ2n) is 9.43. The van der Waals surface area contributed by atoms with Crippen molar-refractivity contribution in [3.63, 3.8) is 0 Å². The third-order valence-electron chi connectivity index (χ3n) is 6.15. The van der Waals surface area contributed by atoms with Crippen molar-refractivity contribution in [2.45, 2.75) is 38.5 Å². The minimum Gasteiger partial charge on any atom is -0.400 e. The maximum atomic E-state index is 7.29. The van der Waals surface area contributed by atoms with Crippen LogP contribution in [0.5, 0.6) is 0 Å². The van der Waals surface area contributed by atoms with Gasteiger partial charge in [-0.25, -0.2) is 0 Å². The molecule has 2 nitrogen and oxygen atoms in total. The zero-order valence-corrected chi connectivity index (χ0v) is 19.9. The highest BCUT2D eigenvalue weighted by molar-refractivity contribution is 6.99. The molecular weight excluding hydrogens is 394 g/mol. The second-order valence-corrected chi connectivity index (χ2v) is 13.7. The summed E-state index contributed by atoms with van der Waals surface area (Å²) in [4.78, 5) is 2.48. The predicted octanol–water partition coefficient (Wildman–Crippen LogP) is 5.00. The van der Waals surface area contributed by atoms with Crippen LogP contribution in [0.15, 0.2) is 103 Å². The normalized spacial score (nSPS) is 17.6. The van der Waals surface area contributed by atoms with Crippen LogP contribution in [0, 0.1) is 0 Å². The Kier molecular flexibility index (Phi) is 6.56. The van der Waals surface area contributed by atoms with E-state index in [0.717, 1.165) is 19.6 Å². The van der Waals surface area contributed by atoms with Crippen molar-refractivity contribution in [3.8, 4) is 0 Å². The molecule has 0 fully saturated rings. The Labute approximate surface area is 188 Å². The molecule has 0 radical (unpaired) electrons. The van der Waals surface area contributed by atoms with Crippen LogP contribution in [-0.2, 0) is 11.0 Å². The van der Waals surface area contributed by atoms with E-state index < -0.39 is 8.32 Å². The fraction of sp³-hybridized carbons (Fsp3) is 0.286. The summed E-state index contributed by atoms with van der Waals surface area (Å²) in [5.74, 6) is 0. The molecule has 3 aromatic carbocycles. The lowest BCUT2D eigenvalue weighted by Gasteiger charge is -2.46. The van der Waals surface area contributed by atoms with E-state index in [1.54, 1.807) is 0 Å². The summed E-state index contributed by atoms with van der Waals surface area (Å²) in [5, 5.41) is 2.66. The van der Waals surface area contributed by atoms with E-state index >= 15 is 0 Å². The van der Waals surface area contributed by atoms with Crippen LogP contribution in [0.25, 0.3) is 0 Å². The van der Waals surface area contributed by atoms with Crippen LogP contribution in [0.1, 0.15) is 26.3 Å². The highest BCUT2D eigenvalue weighted by Crippen LogP contribution is 2.38. The monoisotopic (exact) mass is 427 g/mol. The molecule has 0 spiro atoms. The van der Waals surface area contributed by atoms with Gasteiger partial charge in [0, 0.05) is 19.6 Å². The van der Waals surface area contributed by atoms with Crippen LogP contribution < -0.4 is 10.4 Å².